The molecule has 1 aromatic heterocycles. The number of hydrogen-bond acceptors (Lipinski definition) is 4. The molecule has 0 aliphatic carbocycles. The molecule has 2 atom stereocenters. The molecule has 2 unspecified atom stereocenters. The number of hydrogen-bond donors (Lipinski definition) is 2. The third-order valence-corrected chi connectivity index (χ3v) is 5.38. The van der Waals surface area contributed by atoms with Gasteiger partial charge in [0.05, 0.1) is 11.8 Å². The quantitative estimate of drug-likeness (QED) is 0.851. The minimum absolute atomic E-state index is 0.0797. The summed E-state index contributed by atoms with van der Waals surface area (Å²) in [4.78, 5) is 13.1. The van der Waals surface area contributed by atoms with Gasteiger partial charge >= 0.3 is 0 Å². The summed E-state index contributed by atoms with van der Waals surface area (Å²) in [7, 11) is 0. The fraction of sp³-hybridized carbons (Fsp3) is 0.400. The van der Waals surface area contributed by atoms with Gasteiger partial charge in [-0.05, 0) is 31.9 Å². The van der Waals surface area contributed by atoms with E-state index in [4.69, 9.17) is 10.5 Å². The second kappa shape index (κ2) is 5.94. The molecule has 4 nitrogen and oxygen atoms in total. The Morgan fingerprint density at radius 1 is 1.52 bits per heavy atom. The number of nitrogen functional groups attached to an aromatic ring is 1. The van der Waals surface area contributed by atoms with Crippen molar-refractivity contribution < 1.29 is 9.53 Å². The lowest BCUT2D eigenvalue weighted by Crippen LogP contribution is -2.41. The van der Waals surface area contributed by atoms with E-state index in [1.165, 1.54) is 11.3 Å². The molecule has 0 bridgehead atoms. The smallest absolute Gasteiger partial charge is 0.263 e. The first-order valence-electron chi connectivity index (χ1n) is 6.94. The van der Waals surface area contributed by atoms with E-state index in [0.29, 0.717) is 17.2 Å². The number of fused-ring (bicyclic) bond motifs is 1. The predicted molar refractivity (Wildman–Crippen MR) is 89.8 cm³/mol. The molecule has 6 heteroatoms. The first kappa shape index (κ1) is 14.8. The van der Waals surface area contributed by atoms with Crippen molar-refractivity contribution in [2.75, 3.05) is 12.3 Å². The fourth-order valence-electron chi connectivity index (χ4n) is 2.64. The lowest BCUT2D eigenvalue weighted by Gasteiger charge is -2.27. The van der Waals surface area contributed by atoms with Crippen LogP contribution in [0.4, 0.5) is 5.69 Å². The zero-order valence-corrected chi connectivity index (χ0v) is 14.1. The van der Waals surface area contributed by atoms with Crippen LogP contribution in [0.5, 0.6) is 0 Å². The van der Waals surface area contributed by atoms with E-state index in [9.17, 15) is 4.79 Å². The number of carbonyl (C=O) groups excluding carboxylic acids is 1. The number of ether oxygens (including phenoxy) is 1. The monoisotopic (exact) mass is 368 g/mol. The van der Waals surface area contributed by atoms with Crippen molar-refractivity contribution >= 4 is 48.9 Å². The molecule has 0 radical (unpaired) electrons. The van der Waals surface area contributed by atoms with Gasteiger partial charge in [0.25, 0.3) is 5.91 Å². The van der Waals surface area contributed by atoms with E-state index in [1.54, 1.807) is 0 Å². The van der Waals surface area contributed by atoms with Crippen LogP contribution in [0.1, 0.15) is 29.4 Å². The number of benzene rings is 1. The lowest BCUT2D eigenvalue weighted by molar-refractivity contribution is 0.0137. The molecule has 1 aromatic carbocycles. The molecule has 3 N–H and O–H groups in total. The van der Waals surface area contributed by atoms with E-state index in [0.717, 1.165) is 27.4 Å². The second-order valence-corrected chi connectivity index (χ2v) is 7.33. The molecule has 1 saturated heterocycles. The molecular formula is C15H17BrN2O2S. The summed E-state index contributed by atoms with van der Waals surface area (Å²) >= 11 is 4.88. The second-order valence-electron chi connectivity index (χ2n) is 5.36. The molecule has 1 fully saturated rings. The predicted octanol–water partition coefficient (Wildman–Crippen LogP) is 3.54. The molecule has 0 saturated carbocycles. The van der Waals surface area contributed by atoms with Crippen molar-refractivity contribution in [3.05, 3.63) is 27.5 Å². The maximum Gasteiger partial charge on any atom is 0.263 e. The number of halogens is 1. The number of anilines is 1. The third-order valence-electron chi connectivity index (χ3n) is 3.72. The van der Waals surface area contributed by atoms with Gasteiger partial charge in [0.2, 0.25) is 0 Å². The van der Waals surface area contributed by atoms with Crippen LogP contribution >= 0.6 is 27.3 Å². The van der Waals surface area contributed by atoms with Crippen molar-refractivity contribution in [2.24, 2.45) is 0 Å². The number of nitrogens with two attached hydrogens (primary N) is 1. The zero-order chi connectivity index (χ0) is 15.0. The van der Waals surface area contributed by atoms with Crippen molar-refractivity contribution in [1.82, 2.24) is 5.32 Å². The Morgan fingerprint density at radius 3 is 3.10 bits per heavy atom. The van der Waals surface area contributed by atoms with Gasteiger partial charge in [0.1, 0.15) is 4.88 Å². The molecule has 1 amide bonds. The van der Waals surface area contributed by atoms with Crippen molar-refractivity contribution in [3.8, 4) is 0 Å². The molecule has 2 heterocycles. The van der Waals surface area contributed by atoms with Crippen molar-refractivity contribution in [2.45, 2.75) is 31.9 Å². The number of rotatable bonds is 2. The molecule has 21 heavy (non-hydrogen) atoms. The van der Waals surface area contributed by atoms with Gasteiger partial charge in [0.15, 0.2) is 0 Å². The van der Waals surface area contributed by atoms with E-state index < -0.39 is 0 Å². The van der Waals surface area contributed by atoms with Gasteiger partial charge in [-0.25, -0.2) is 0 Å². The van der Waals surface area contributed by atoms with Gasteiger partial charge in [-0.1, -0.05) is 22.0 Å². The van der Waals surface area contributed by atoms with Gasteiger partial charge < -0.3 is 15.8 Å². The van der Waals surface area contributed by atoms with Crippen LogP contribution in [0.15, 0.2) is 22.7 Å². The van der Waals surface area contributed by atoms with Crippen LogP contribution in [0, 0.1) is 0 Å². The van der Waals surface area contributed by atoms with Gasteiger partial charge in [-0.3, -0.25) is 4.79 Å². The Labute approximate surface area is 135 Å². The standard InChI is InChI=1S/C15H17BrN2O2S/c1-8-6-10(4-5-20-8)18-15(19)14-13(17)11-3-2-9(16)7-12(11)21-14/h2-3,7-8,10H,4-6,17H2,1H3,(H,18,19). The first-order valence-corrected chi connectivity index (χ1v) is 8.55. The zero-order valence-electron chi connectivity index (χ0n) is 11.7. The maximum absolute atomic E-state index is 12.5. The fourth-order valence-corrected chi connectivity index (χ4v) is 4.22. The minimum atomic E-state index is -0.0797. The molecule has 112 valence electrons. The van der Waals surface area contributed by atoms with Crippen LogP contribution in [-0.4, -0.2) is 24.7 Å². The van der Waals surface area contributed by atoms with Crippen molar-refractivity contribution in [1.29, 1.82) is 0 Å². The normalized spacial score (nSPS) is 22.4. The number of nitrogens with one attached hydrogen (secondary N) is 1. The molecule has 0 spiro atoms. The molecule has 1 aliphatic rings. The van der Waals surface area contributed by atoms with E-state index in [2.05, 4.69) is 21.2 Å². The van der Waals surface area contributed by atoms with Crippen LogP contribution in [0.3, 0.4) is 0 Å². The summed E-state index contributed by atoms with van der Waals surface area (Å²) in [5, 5.41) is 4.02. The Morgan fingerprint density at radius 2 is 2.33 bits per heavy atom. The molecule has 3 rings (SSSR count). The van der Waals surface area contributed by atoms with Crippen molar-refractivity contribution in [3.63, 3.8) is 0 Å². The Hall–Kier alpha value is -1.11. The lowest BCUT2D eigenvalue weighted by atomic mass is 10.0. The summed E-state index contributed by atoms with van der Waals surface area (Å²) in [5.41, 5.74) is 6.70. The highest BCUT2D eigenvalue weighted by Gasteiger charge is 2.23. The Kier molecular flexibility index (Phi) is 4.19. The largest absolute Gasteiger partial charge is 0.397 e. The number of thiophene rings is 1. The summed E-state index contributed by atoms with van der Waals surface area (Å²) in [6.45, 7) is 2.73. The van der Waals surface area contributed by atoms with E-state index in [-0.39, 0.29) is 18.1 Å². The Bertz CT molecular complexity index is 686. The summed E-state index contributed by atoms with van der Waals surface area (Å²) in [6, 6.07) is 6.03. The molecule has 2 aromatic rings. The average Bonchev–Trinajstić information content (AvgIpc) is 2.75. The molecular weight excluding hydrogens is 352 g/mol. The average molecular weight is 369 g/mol. The van der Waals surface area contributed by atoms with Gasteiger partial charge in [0, 0.05) is 27.2 Å². The topological polar surface area (TPSA) is 64.4 Å². The van der Waals surface area contributed by atoms with Crippen LogP contribution in [0.2, 0.25) is 0 Å². The van der Waals surface area contributed by atoms with Crippen LogP contribution < -0.4 is 11.1 Å². The summed E-state index contributed by atoms with van der Waals surface area (Å²) < 4.78 is 7.51. The SMILES string of the molecule is CC1CC(NC(=O)c2sc3cc(Br)ccc3c2N)CCO1. The third kappa shape index (κ3) is 3.07. The van der Waals surface area contributed by atoms with E-state index in [1.807, 2.05) is 25.1 Å². The Balaban J connectivity index is 1.82. The van der Waals surface area contributed by atoms with E-state index >= 15 is 0 Å². The van der Waals surface area contributed by atoms with Gasteiger partial charge in [-0.15, -0.1) is 11.3 Å². The first-order chi connectivity index (χ1) is 10.0. The number of carbonyl (C=O) groups is 1. The van der Waals surface area contributed by atoms with Crippen LogP contribution in [-0.2, 0) is 4.74 Å². The highest BCUT2D eigenvalue weighted by molar-refractivity contribution is 9.10. The minimum Gasteiger partial charge on any atom is -0.397 e. The maximum atomic E-state index is 12.5. The summed E-state index contributed by atoms with van der Waals surface area (Å²) in [6.07, 6.45) is 1.90. The van der Waals surface area contributed by atoms with Crippen LogP contribution in [0.25, 0.3) is 10.1 Å². The van der Waals surface area contributed by atoms with Gasteiger partial charge in [-0.2, -0.15) is 0 Å². The molecule has 1 aliphatic heterocycles. The summed E-state index contributed by atoms with van der Waals surface area (Å²) in [5.74, 6) is -0.0797. The highest BCUT2D eigenvalue weighted by Crippen LogP contribution is 2.35. The number of amides is 1. The highest BCUT2D eigenvalue weighted by atomic mass is 79.9.